The van der Waals surface area contributed by atoms with Crippen LogP contribution in [0.25, 0.3) is 10.9 Å². The molecule has 36 heavy (non-hydrogen) atoms. The van der Waals surface area contributed by atoms with E-state index in [9.17, 15) is 8.78 Å². The summed E-state index contributed by atoms with van der Waals surface area (Å²) in [4.78, 5) is 7.28. The van der Waals surface area contributed by atoms with Gasteiger partial charge in [0.05, 0.1) is 12.7 Å². The molecule has 0 unspecified atom stereocenters. The van der Waals surface area contributed by atoms with Gasteiger partial charge in [-0.25, -0.2) is 13.2 Å². The zero-order valence-corrected chi connectivity index (χ0v) is 21.0. The van der Waals surface area contributed by atoms with Crippen molar-refractivity contribution in [1.29, 1.82) is 0 Å². The van der Waals surface area contributed by atoms with Gasteiger partial charge in [0, 0.05) is 66.5 Å². The highest BCUT2D eigenvalue weighted by Gasteiger charge is 2.41. The van der Waals surface area contributed by atoms with Crippen LogP contribution in [-0.4, -0.2) is 65.5 Å². The van der Waals surface area contributed by atoms with Gasteiger partial charge in [-0.15, -0.1) is 0 Å². The van der Waals surface area contributed by atoms with Crippen molar-refractivity contribution in [2.24, 2.45) is 0 Å². The lowest BCUT2D eigenvalue weighted by Crippen LogP contribution is -2.53. The van der Waals surface area contributed by atoms with E-state index in [2.05, 4.69) is 4.98 Å². The first-order chi connectivity index (χ1) is 17.1. The molecule has 0 spiro atoms. The minimum absolute atomic E-state index is 0.0293. The maximum atomic E-state index is 15.7. The third-order valence-electron chi connectivity index (χ3n) is 7.24. The van der Waals surface area contributed by atoms with Gasteiger partial charge < -0.3 is 9.72 Å². The Kier molecular flexibility index (Phi) is 6.76. The number of alkyl halides is 2. The number of hydrogen-bond donors (Lipinski definition) is 1. The van der Waals surface area contributed by atoms with Gasteiger partial charge in [-0.05, 0) is 45.2 Å². The van der Waals surface area contributed by atoms with Crippen LogP contribution in [0.3, 0.4) is 0 Å². The van der Waals surface area contributed by atoms with E-state index in [4.69, 9.17) is 4.74 Å². The molecule has 3 heterocycles. The molecular formula is C28H33F4N3O. The summed E-state index contributed by atoms with van der Waals surface area (Å²) in [5, 5.41) is 1.02. The number of ether oxygens (including phenoxy) is 1. The number of halogens is 4. The first-order valence-corrected chi connectivity index (χ1v) is 12.6. The Bertz CT molecular complexity index is 1210. The van der Waals surface area contributed by atoms with E-state index in [1.165, 1.54) is 26.0 Å². The monoisotopic (exact) mass is 503 g/mol. The van der Waals surface area contributed by atoms with Crippen LogP contribution in [0.4, 0.5) is 17.6 Å². The number of hydrogen-bond acceptors (Lipinski definition) is 3. The number of benzene rings is 2. The Balaban J connectivity index is 1.50. The minimum Gasteiger partial charge on any atom is -0.488 e. The second kappa shape index (κ2) is 9.71. The molecule has 0 aliphatic carbocycles. The zero-order chi connectivity index (χ0) is 25.6. The molecule has 0 saturated carbocycles. The average molecular weight is 504 g/mol. The summed E-state index contributed by atoms with van der Waals surface area (Å²) in [6.45, 7) is 6.45. The molecule has 2 aliphatic heterocycles. The van der Waals surface area contributed by atoms with E-state index in [0.29, 0.717) is 38.2 Å². The van der Waals surface area contributed by atoms with E-state index in [1.807, 2.05) is 41.0 Å². The predicted octanol–water partition coefficient (Wildman–Crippen LogP) is 5.95. The molecule has 2 aliphatic rings. The van der Waals surface area contributed by atoms with Gasteiger partial charge >= 0.3 is 0 Å². The van der Waals surface area contributed by atoms with Gasteiger partial charge in [-0.1, -0.05) is 18.2 Å². The lowest BCUT2D eigenvalue weighted by molar-refractivity contribution is 0.0179. The maximum absolute atomic E-state index is 15.7. The number of fused-ring (bicyclic) bond motifs is 3. The number of rotatable bonds is 8. The SMILES string of the molecule is C[C@@H]1Cc2c([nH]c3ccccc23)[C@@H](c2c(F)cc(OC3CN(CCCF)C3)cc2F)N1CC(C)(C)F. The smallest absolute Gasteiger partial charge is 0.135 e. The summed E-state index contributed by atoms with van der Waals surface area (Å²) in [6.07, 6.45) is 0.928. The Morgan fingerprint density at radius 3 is 2.47 bits per heavy atom. The molecule has 3 aromatic rings. The summed E-state index contributed by atoms with van der Waals surface area (Å²) in [5.41, 5.74) is 0.948. The van der Waals surface area contributed by atoms with Gasteiger partial charge in [-0.2, -0.15) is 0 Å². The second-order valence-electron chi connectivity index (χ2n) is 10.8. The molecule has 194 valence electrons. The van der Waals surface area contributed by atoms with E-state index in [-0.39, 0.29) is 36.7 Å². The first-order valence-electron chi connectivity index (χ1n) is 12.6. The molecular weight excluding hydrogens is 470 g/mol. The molecule has 4 nitrogen and oxygen atoms in total. The van der Waals surface area contributed by atoms with Crippen molar-refractivity contribution in [3.63, 3.8) is 0 Å². The van der Waals surface area contributed by atoms with Crippen LogP contribution in [0.2, 0.25) is 0 Å². The zero-order valence-electron chi connectivity index (χ0n) is 21.0. The van der Waals surface area contributed by atoms with Crippen LogP contribution >= 0.6 is 0 Å². The molecule has 0 bridgehead atoms. The standard InChI is InChI=1S/C28H33F4N3O/c1-17-11-21-20-7-4-5-8-24(20)33-26(21)27(35(17)16-28(2,3)32)25-22(30)12-18(13-23(25)31)36-19-14-34(15-19)10-6-9-29/h4-5,7-8,12-13,17,19,27,33H,6,9-11,14-16H2,1-3H3/t17-,27-/m1/s1. The molecule has 1 N–H and O–H groups in total. The van der Waals surface area contributed by atoms with Crippen molar-refractivity contribution in [3.05, 3.63) is 64.9 Å². The fourth-order valence-electron chi connectivity index (χ4n) is 5.64. The number of nitrogens with one attached hydrogen (secondary N) is 1. The number of para-hydroxylation sites is 1. The fourth-order valence-corrected chi connectivity index (χ4v) is 5.64. The molecule has 1 fully saturated rings. The van der Waals surface area contributed by atoms with Crippen molar-refractivity contribution < 1.29 is 22.3 Å². The number of aromatic amines is 1. The van der Waals surface area contributed by atoms with Gasteiger partial charge in [0.15, 0.2) is 0 Å². The Morgan fingerprint density at radius 2 is 1.81 bits per heavy atom. The van der Waals surface area contributed by atoms with Crippen LogP contribution in [0, 0.1) is 11.6 Å². The van der Waals surface area contributed by atoms with Gasteiger partial charge in [0.1, 0.15) is 29.2 Å². The molecule has 2 aromatic carbocycles. The third-order valence-corrected chi connectivity index (χ3v) is 7.24. The third kappa shape index (κ3) is 4.85. The van der Waals surface area contributed by atoms with Crippen molar-refractivity contribution >= 4 is 10.9 Å². The highest BCUT2D eigenvalue weighted by atomic mass is 19.1. The summed E-state index contributed by atoms with van der Waals surface area (Å²) in [5.74, 6) is -1.31. The number of nitrogens with zero attached hydrogens (tertiary/aromatic N) is 2. The summed E-state index contributed by atoms with van der Waals surface area (Å²) in [6, 6.07) is 9.32. The Morgan fingerprint density at radius 1 is 1.11 bits per heavy atom. The normalized spacial score (nSPS) is 21.5. The molecule has 1 aromatic heterocycles. The van der Waals surface area contributed by atoms with Crippen molar-refractivity contribution in [2.45, 2.75) is 57.5 Å². The Hall–Kier alpha value is -2.58. The molecule has 2 atom stereocenters. The van der Waals surface area contributed by atoms with E-state index < -0.39 is 23.3 Å². The lowest BCUT2D eigenvalue weighted by Gasteiger charge is -2.43. The average Bonchev–Trinajstić information content (AvgIpc) is 3.14. The predicted molar refractivity (Wildman–Crippen MR) is 133 cm³/mol. The fraction of sp³-hybridized carbons (Fsp3) is 0.500. The Labute approximate surface area is 209 Å². The van der Waals surface area contributed by atoms with Crippen LogP contribution in [0.15, 0.2) is 36.4 Å². The van der Waals surface area contributed by atoms with E-state index in [0.717, 1.165) is 16.5 Å². The first kappa shape index (κ1) is 25.1. The van der Waals surface area contributed by atoms with Gasteiger partial charge in [0.2, 0.25) is 0 Å². The molecule has 8 heteroatoms. The second-order valence-corrected chi connectivity index (χ2v) is 10.8. The van der Waals surface area contributed by atoms with Crippen LogP contribution < -0.4 is 4.74 Å². The topological polar surface area (TPSA) is 31.5 Å². The molecule has 1 saturated heterocycles. The van der Waals surface area contributed by atoms with Crippen molar-refractivity contribution in [1.82, 2.24) is 14.8 Å². The van der Waals surface area contributed by atoms with Crippen molar-refractivity contribution in [3.8, 4) is 5.75 Å². The summed E-state index contributed by atoms with van der Waals surface area (Å²) in [7, 11) is 0. The van der Waals surface area contributed by atoms with Crippen molar-refractivity contribution in [2.75, 3.05) is 32.9 Å². The molecule has 5 rings (SSSR count). The number of aromatic nitrogens is 1. The summed E-state index contributed by atoms with van der Waals surface area (Å²) < 4.78 is 64.5. The highest BCUT2D eigenvalue weighted by Crippen LogP contribution is 2.43. The summed E-state index contributed by atoms with van der Waals surface area (Å²) >= 11 is 0. The number of H-pyrrole nitrogens is 1. The van der Waals surface area contributed by atoms with E-state index >= 15 is 8.78 Å². The maximum Gasteiger partial charge on any atom is 0.135 e. The molecule has 0 radical (unpaired) electrons. The van der Waals surface area contributed by atoms with Gasteiger partial charge in [0.25, 0.3) is 0 Å². The van der Waals surface area contributed by atoms with Crippen LogP contribution in [-0.2, 0) is 6.42 Å². The van der Waals surface area contributed by atoms with Crippen LogP contribution in [0.1, 0.15) is 50.1 Å². The van der Waals surface area contributed by atoms with Gasteiger partial charge in [-0.3, -0.25) is 14.2 Å². The lowest BCUT2D eigenvalue weighted by atomic mass is 9.87. The largest absolute Gasteiger partial charge is 0.488 e. The quantitative estimate of drug-likeness (QED) is 0.386. The minimum atomic E-state index is -1.55. The number of likely N-dealkylation sites (tertiary alicyclic amines) is 1. The van der Waals surface area contributed by atoms with E-state index in [1.54, 1.807) is 0 Å². The highest BCUT2D eigenvalue weighted by molar-refractivity contribution is 5.85. The van der Waals surface area contributed by atoms with Crippen LogP contribution in [0.5, 0.6) is 5.75 Å². The molecule has 0 amide bonds.